The standard InChI is InChI=1S/C11H13N3OS/c15-9-3-1-2-8(9)14-5-4-13-11(14)10-6-12-7-16-10/h4-9,15H,1-3H2/t8-,9-/m0/s1. The summed E-state index contributed by atoms with van der Waals surface area (Å²) in [5.74, 6) is 0.924. The molecule has 1 fully saturated rings. The third-order valence-corrected chi connectivity index (χ3v) is 3.89. The van der Waals surface area contributed by atoms with E-state index in [1.165, 1.54) is 0 Å². The normalized spacial score (nSPS) is 25.1. The summed E-state index contributed by atoms with van der Waals surface area (Å²) in [6, 6.07) is 0.180. The zero-order valence-electron chi connectivity index (χ0n) is 8.78. The third-order valence-electron chi connectivity index (χ3n) is 3.12. The van der Waals surface area contributed by atoms with Crippen molar-refractivity contribution in [3.8, 4) is 10.7 Å². The predicted octanol–water partition coefficient (Wildman–Crippen LogP) is 2.09. The fraction of sp³-hybridized carbons (Fsp3) is 0.455. The molecule has 4 nitrogen and oxygen atoms in total. The number of hydrogen-bond acceptors (Lipinski definition) is 4. The monoisotopic (exact) mass is 235 g/mol. The highest BCUT2D eigenvalue weighted by molar-refractivity contribution is 7.13. The first-order valence-corrected chi connectivity index (χ1v) is 6.34. The molecule has 3 rings (SSSR count). The summed E-state index contributed by atoms with van der Waals surface area (Å²) in [7, 11) is 0. The topological polar surface area (TPSA) is 50.9 Å². The van der Waals surface area contributed by atoms with Gasteiger partial charge in [-0.25, -0.2) is 4.98 Å². The van der Waals surface area contributed by atoms with Crippen molar-refractivity contribution in [2.24, 2.45) is 0 Å². The van der Waals surface area contributed by atoms with E-state index in [-0.39, 0.29) is 12.1 Å². The molecule has 1 saturated carbocycles. The van der Waals surface area contributed by atoms with E-state index in [0.717, 1.165) is 30.0 Å². The van der Waals surface area contributed by atoms with Gasteiger partial charge in [0, 0.05) is 18.6 Å². The number of thiazole rings is 1. The van der Waals surface area contributed by atoms with E-state index in [1.54, 1.807) is 23.0 Å². The molecule has 2 atom stereocenters. The maximum Gasteiger partial charge on any atom is 0.151 e. The van der Waals surface area contributed by atoms with Crippen molar-refractivity contribution in [3.05, 3.63) is 24.1 Å². The van der Waals surface area contributed by atoms with Gasteiger partial charge in [0.15, 0.2) is 5.82 Å². The average molecular weight is 235 g/mol. The van der Waals surface area contributed by atoms with Crippen LogP contribution in [0, 0.1) is 0 Å². The van der Waals surface area contributed by atoms with E-state index in [4.69, 9.17) is 0 Å². The molecule has 2 aromatic rings. The maximum atomic E-state index is 9.92. The van der Waals surface area contributed by atoms with Crippen molar-refractivity contribution < 1.29 is 5.11 Å². The number of aromatic nitrogens is 3. The lowest BCUT2D eigenvalue weighted by Crippen LogP contribution is -2.18. The summed E-state index contributed by atoms with van der Waals surface area (Å²) < 4.78 is 2.09. The molecule has 0 radical (unpaired) electrons. The van der Waals surface area contributed by atoms with Gasteiger partial charge in [-0.1, -0.05) is 0 Å². The lowest BCUT2D eigenvalue weighted by molar-refractivity contribution is 0.137. The molecular weight excluding hydrogens is 222 g/mol. The molecule has 0 bridgehead atoms. The zero-order chi connectivity index (χ0) is 11.0. The molecule has 0 aliphatic heterocycles. The molecule has 5 heteroatoms. The van der Waals surface area contributed by atoms with Crippen LogP contribution in [0.1, 0.15) is 25.3 Å². The molecule has 1 aliphatic rings. The summed E-state index contributed by atoms with van der Waals surface area (Å²) in [6.07, 6.45) is 8.35. The molecule has 2 heterocycles. The van der Waals surface area contributed by atoms with Crippen molar-refractivity contribution in [2.75, 3.05) is 0 Å². The van der Waals surface area contributed by atoms with Gasteiger partial charge < -0.3 is 9.67 Å². The Hall–Kier alpha value is -1.20. The van der Waals surface area contributed by atoms with Crippen LogP contribution in [0.2, 0.25) is 0 Å². The van der Waals surface area contributed by atoms with Gasteiger partial charge >= 0.3 is 0 Å². The molecule has 0 amide bonds. The highest BCUT2D eigenvalue weighted by Crippen LogP contribution is 2.34. The first kappa shape index (κ1) is 9.99. The van der Waals surface area contributed by atoms with E-state index in [2.05, 4.69) is 14.5 Å². The molecule has 0 saturated heterocycles. The fourth-order valence-electron chi connectivity index (χ4n) is 2.34. The van der Waals surface area contributed by atoms with Gasteiger partial charge in [0.25, 0.3) is 0 Å². The molecule has 16 heavy (non-hydrogen) atoms. The van der Waals surface area contributed by atoms with Gasteiger partial charge in [0.1, 0.15) is 0 Å². The van der Waals surface area contributed by atoms with Crippen molar-refractivity contribution >= 4 is 11.3 Å². The molecule has 1 N–H and O–H groups in total. The highest BCUT2D eigenvalue weighted by atomic mass is 32.1. The Labute approximate surface area is 97.6 Å². The Morgan fingerprint density at radius 1 is 1.44 bits per heavy atom. The summed E-state index contributed by atoms with van der Waals surface area (Å²) in [5.41, 5.74) is 1.80. The Balaban J connectivity index is 1.99. The van der Waals surface area contributed by atoms with Crippen molar-refractivity contribution in [2.45, 2.75) is 31.4 Å². The van der Waals surface area contributed by atoms with E-state index in [9.17, 15) is 5.11 Å². The minimum atomic E-state index is -0.235. The summed E-state index contributed by atoms with van der Waals surface area (Å²) in [4.78, 5) is 9.49. The van der Waals surface area contributed by atoms with E-state index >= 15 is 0 Å². The number of hydrogen-bond donors (Lipinski definition) is 1. The largest absolute Gasteiger partial charge is 0.391 e. The van der Waals surface area contributed by atoms with Crippen LogP contribution in [0.3, 0.4) is 0 Å². The summed E-state index contributed by atoms with van der Waals surface area (Å²) >= 11 is 1.58. The Morgan fingerprint density at radius 3 is 3.06 bits per heavy atom. The second-order valence-corrected chi connectivity index (χ2v) is 4.98. The minimum absolute atomic E-state index is 0.180. The zero-order valence-corrected chi connectivity index (χ0v) is 9.60. The molecule has 84 valence electrons. The van der Waals surface area contributed by atoms with Gasteiger partial charge in [-0.3, -0.25) is 4.98 Å². The van der Waals surface area contributed by atoms with E-state index in [1.807, 2.05) is 12.4 Å². The Bertz CT molecular complexity index is 465. The lowest BCUT2D eigenvalue weighted by atomic mass is 10.2. The Morgan fingerprint density at radius 2 is 2.38 bits per heavy atom. The predicted molar refractivity (Wildman–Crippen MR) is 62.2 cm³/mol. The number of nitrogens with zero attached hydrogens (tertiary/aromatic N) is 3. The number of aliphatic hydroxyl groups excluding tert-OH is 1. The quantitative estimate of drug-likeness (QED) is 0.867. The summed E-state index contributed by atoms with van der Waals surface area (Å²) in [6.45, 7) is 0. The highest BCUT2D eigenvalue weighted by Gasteiger charge is 2.28. The third kappa shape index (κ3) is 1.56. The lowest BCUT2D eigenvalue weighted by Gasteiger charge is -2.18. The van der Waals surface area contributed by atoms with Crippen molar-refractivity contribution in [1.82, 2.24) is 14.5 Å². The number of imidazole rings is 1. The van der Waals surface area contributed by atoms with E-state index in [0.29, 0.717) is 0 Å². The van der Waals surface area contributed by atoms with Crippen LogP contribution >= 0.6 is 11.3 Å². The van der Waals surface area contributed by atoms with Gasteiger partial charge in [0.2, 0.25) is 0 Å². The molecule has 0 spiro atoms. The second kappa shape index (κ2) is 3.99. The van der Waals surface area contributed by atoms with Gasteiger partial charge in [-0.15, -0.1) is 11.3 Å². The summed E-state index contributed by atoms with van der Waals surface area (Å²) in [5, 5.41) is 9.92. The van der Waals surface area contributed by atoms with Crippen molar-refractivity contribution in [1.29, 1.82) is 0 Å². The molecule has 0 aromatic carbocycles. The van der Waals surface area contributed by atoms with Crippen LogP contribution < -0.4 is 0 Å². The molecule has 2 aromatic heterocycles. The molecular formula is C11H13N3OS. The first-order chi connectivity index (χ1) is 7.86. The van der Waals surface area contributed by atoms with Crippen LogP contribution in [0.25, 0.3) is 10.7 Å². The van der Waals surface area contributed by atoms with Gasteiger partial charge in [-0.2, -0.15) is 0 Å². The number of rotatable bonds is 2. The van der Waals surface area contributed by atoms with Crippen LogP contribution in [0.5, 0.6) is 0 Å². The van der Waals surface area contributed by atoms with Gasteiger partial charge in [0.05, 0.1) is 22.5 Å². The minimum Gasteiger partial charge on any atom is -0.391 e. The SMILES string of the molecule is O[C@H]1CCC[C@@H]1n1ccnc1-c1cncs1. The fourth-order valence-corrected chi connectivity index (χ4v) is 2.96. The van der Waals surface area contributed by atoms with Crippen LogP contribution in [0.15, 0.2) is 24.1 Å². The van der Waals surface area contributed by atoms with Crippen molar-refractivity contribution in [3.63, 3.8) is 0 Å². The van der Waals surface area contributed by atoms with Crippen LogP contribution in [-0.2, 0) is 0 Å². The van der Waals surface area contributed by atoms with Crippen LogP contribution in [0.4, 0.5) is 0 Å². The van der Waals surface area contributed by atoms with E-state index < -0.39 is 0 Å². The number of aliphatic hydroxyl groups is 1. The second-order valence-electron chi connectivity index (χ2n) is 4.09. The molecule has 0 unspecified atom stereocenters. The average Bonchev–Trinajstić information content (AvgIpc) is 2.95. The van der Waals surface area contributed by atoms with Gasteiger partial charge in [-0.05, 0) is 19.3 Å². The van der Waals surface area contributed by atoms with Crippen LogP contribution in [-0.4, -0.2) is 25.7 Å². The smallest absolute Gasteiger partial charge is 0.151 e. The Kier molecular flexibility index (Phi) is 2.49. The maximum absolute atomic E-state index is 9.92. The first-order valence-electron chi connectivity index (χ1n) is 5.46. The molecule has 1 aliphatic carbocycles.